The Morgan fingerprint density at radius 1 is 1.39 bits per heavy atom. The molecule has 1 aliphatic rings. The van der Waals surface area contributed by atoms with E-state index in [9.17, 15) is 18.4 Å². The van der Waals surface area contributed by atoms with Gasteiger partial charge >= 0.3 is 0 Å². The van der Waals surface area contributed by atoms with Crippen LogP contribution in [0.2, 0.25) is 0 Å². The second kappa shape index (κ2) is 9.34. The second-order valence-corrected chi connectivity index (χ2v) is 7.52. The lowest BCUT2D eigenvalue weighted by Gasteiger charge is -2.17. The van der Waals surface area contributed by atoms with E-state index in [0.29, 0.717) is 28.9 Å². The molecule has 0 atom stereocenters. The SMILES string of the molecule is Cc1cc(CN2Cc3c(ccnc3CC(=O)NCCO)C2=O)cnc1OCC(C)(F)F. The summed E-state index contributed by atoms with van der Waals surface area (Å²) in [4.78, 5) is 34.8. The van der Waals surface area contributed by atoms with Gasteiger partial charge in [0.15, 0.2) is 6.61 Å². The van der Waals surface area contributed by atoms with Crippen molar-refractivity contribution in [2.75, 3.05) is 19.8 Å². The molecule has 1 aliphatic heterocycles. The first-order valence-corrected chi connectivity index (χ1v) is 9.77. The molecule has 0 saturated carbocycles. The summed E-state index contributed by atoms with van der Waals surface area (Å²) >= 11 is 0. The highest BCUT2D eigenvalue weighted by Crippen LogP contribution is 2.27. The van der Waals surface area contributed by atoms with Crippen molar-refractivity contribution in [3.63, 3.8) is 0 Å². The van der Waals surface area contributed by atoms with Crippen molar-refractivity contribution in [2.45, 2.75) is 39.3 Å². The van der Waals surface area contributed by atoms with Crippen LogP contribution in [-0.4, -0.2) is 57.5 Å². The normalized spacial score (nSPS) is 13.3. The Morgan fingerprint density at radius 3 is 2.84 bits per heavy atom. The van der Waals surface area contributed by atoms with E-state index in [0.717, 1.165) is 12.5 Å². The number of halogens is 2. The number of pyridine rings is 2. The molecule has 2 amide bonds. The van der Waals surface area contributed by atoms with Gasteiger partial charge in [-0.3, -0.25) is 14.6 Å². The number of carbonyl (C=O) groups is 2. The summed E-state index contributed by atoms with van der Waals surface area (Å²) in [5.74, 6) is -3.30. The van der Waals surface area contributed by atoms with Gasteiger partial charge in [0.2, 0.25) is 11.8 Å². The first-order chi connectivity index (χ1) is 14.7. The molecule has 0 bridgehead atoms. The summed E-state index contributed by atoms with van der Waals surface area (Å²) < 4.78 is 31.1. The number of nitrogens with one attached hydrogen (secondary N) is 1. The molecule has 3 rings (SSSR count). The lowest BCUT2D eigenvalue weighted by molar-refractivity contribution is -0.120. The first kappa shape index (κ1) is 22.5. The summed E-state index contributed by atoms with van der Waals surface area (Å²) in [5.41, 5.74) is 3.02. The minimum atomic E-state index is -2.96. The third-order valence-corrected chi connectivity index (χ3v) is 4.70. The van der Waals surface area contributed by atoms with E-state index in [2.05, 4.69) is 15.3 Å². The predicted octanol–water partition coefficient (Wildman–Crippen LogP) is 1.63. The first-order valence-electron chi connectivity index (χ1n) is 9.77. The molecule has 2 aromatic heterocycles. The fourth-order valence-corrected chi connectivity index (χ4v) is 3.31. The Balaban J connectivity index is 1.69. The zero-order valence-electron chi connectivity index (χ0n) is 17.3. The molecule has 0 unspecified atom stereocenters. The van der Waals surface area contributed by atoms with Crippen LogP contribution in [0.4, 0.5) is 8.78 Å². The summed E-state index contributed by atoms with van der Waals surface area (Å²) in [6, 6.07) is 3.37. The number of aromatic nitrogens is 2. The molecule has 0 radical (unpaired) electrons. The van der Waals surface area contributed by atoms with Gasteiger partial charge in [-0.15, -0.1) is 0 Å². The van der Waals surface area contributed by atoms with E-state index in [4.69, 9.17) is 9.84 Å². The van der Waals surface area contributed by atoms with E-state index >= 15 is 0 Å². The van der Waals surface area contributed by atoms with Gasteiger partial charge in [-0.1, -0.05) is 0 Å². The van der Waals surface area contributed by atoms with Crippen LogP contribution in [0, 0.1) is 6.92 Å². The second-order valence-electron chi connectivity index (χ2n) is 7.52. The molecule has 8 nitrogen and oxygen atoms in total. The van der Waals surface area contributed by atoms with Crippen molar-refractivity contribution in [3.05, 3.63) is 52.5 Å². The fourth-order valence-electron chi connectivity index (χ4n) is 3.31. The number of aliphatic hydroxyl groups excluding tert-OH is 1. The van der Waals surface area contributed by atoms with Crippen LogP contribution >= 0.6 is 0 Å². The quantitative estimate of drug-likeness (QED) is 0.622. The van der Waals surface area contributed by atoms with Crippen LogP contribution < -0.4 is 10.1 Å². The van der Waals surface area contributed by atoms with Crippen molar-refractivity contribution < 1.29 is 28.2 Å². The van der Waals surface area contributed by atoms with Crippen molar-refractivity contribution in [1.29, 1.82) is 0 Å². The minimum absolute atomic E-state index is 0.0130. The number of fused-ring (bicyclic) bond motifs is 1. The van der Waals surface area contributed by atoms with Crippen LogP contribution in [-0.2, 0) is 24.3 Å². The van der Waals surface area contributed by atoms with Gasteiger partial charge in [0.1, 0.15) is 0 Å². The van der Waals surface area contributed by atoms with Gasteiger partial charge in [-0.25, -0.2) is 13.8 Å². The Bertz CT molecular complexity index is 978. The highest BCUT2D eigenvalue weighted by Gasteiger charge is 2.30. The van der Waals surface area contributed by atoms with Gasteiger partial charge in [0.05, 0.1) is 18.7 Å². The molecule has 0 fully saturated rings. The van der Waals surface area contributed by atoms with E-state index in [1.54, 1.807) is 24.0 Å². The van der Waals surface area contributed by atoms with E-state index in [1.807, 2.05) is 0 Å². The maximum atomic E-state index is 13.0. The van der Waals surface area contributed by atoms with Gasteiger partial charge in [-0.05, 0) is 24.6 Å². The molecule has 166 valence electrons. The molecule has 0 aromatic carbocycles. The van der Waals surface area contributed by atoms with E-state index < -0.39 is 12.5 Å². The molecule has 2 aromatic rings. The molecule has 2 N–H and O–H groups in total. The number of nitrogens with zero attached hydrogens (tertiary/aromatic N) is 3. The fraction of sp³-hybridized carbons (Fsp3) is 0.429. The number of carbonyl (C=O) groups excluding carboxylic acids is 2. The zero-order chi connectivity index (χ0) is 22.6. The molecule has 10 heteroatoms. The van der Waals surface area contributed by atoms with E-state index in [-0.39, 0.29) is 43.8 Å². The highest BCUT2D eigenvalue weighted by molar-refractivity contribution is 5.98. The average Bonchev–Trinajstić information content (AvgIpc) is 3.02. The van der Waals surface area contributed by atoms with Crippen LogP contribution in [0.3, 0.4) is 0 Å². The molecule has 0 saturated heterocycles. The van der Waals surface area contributed by atoms with Crippen LogP contribution in [0.25, 0.3) is 0 Å². The van der Waals surface area contributed by atoms with E-state index in [1.165, 1.54) is 12.4 Å². The highest BCUT2D eigenvalue weighted by atomic mass is 19.3. The molecule has 0 spiro atoms. The monoisotopic (exact) mass is 434 g/mol. The number of amides is 2. The number of aryl methyl sites for hydroxylation is 1. The maximum Gasteiger partial charge on any atom is 0.278 e. The Kier molecular flexibility index (Phi) is 6.79. The van der Waals surface area contributed by atoms with Crippen LogP contribution in [0.15, 0.2) is 24.5 Å². The Labute approximate surface area is 178 Å². The molecular weight excluding hydrogens is 410 g/mol. The lowest BCUT2D eigenvalue weighted by Crippen LogP contribution is -2.28. The minimum Gasteiger partial charge on any atom is -0.471 e. The number of hydrogen-bond donors (Lipinski definition) is 2. The maximum absolute atomic E-state index is 13.0. The topological polar surface area (TPSA) is 105 Å². The summed E-state index contributed by atoms with van der Waals surface area (Å²) in [6.07, 6.45) is 3.00. The zero-order valence-corrected chi connectivity index (χ0v) is 17.3. The van der Waals surface area contributed by atoms with Crippen molar-refractivity contribution in [2.24, 2.45) is 0 Å². The van der Waals surface area contributed by atoms with Crippen molar-refractivity contribution in [1.82, 2.24) is 20.2 Å². The van der Waals surface area contributed by atoms with Gasteiger partial charge < -0.3 is 20.1 Å². The van der Waals surface area contributed by atoms with Gasteiger partial charge in [-0.2, -0.15) is 0 Å². The molecule has 3 heterocycles. The average molecular weight is 434 g/mol. The van der Waals surface area contributed by atoms with Crippen LogP contribution in [0.5, 0.6) is 5.88 Å². The smallest absolute Gasteiger partial charge is 0.278 e. The standard InChI is InChI=1S/C21H24F2N4O4/c1-13-7-14(9-26-19(13)31-12-21(2,22)23)10-27-11-16-15(20(27)30)3-4-24-17(16)8-18(29)25-5-6-28/h3-4,7,9,28H,5-6,8,10-12H2,1-2H3,(H,25,29). The lowest BCUT2D eigenvalue weighted by atomic mass is 10.1. The summed E-state index contributed by atoms with van der Waals surface area (Å²) in [6.45, 7) is 2.27. The van der Waals surface area contributed by atoms with Gasteiger partial charge in [0, 0.05) is 55.6 Å². The molecular formula is C21H24F2N4O4. The number of hydrogen-bond acceptors (Lipinski definition) is 6. The van der Waals surface area contributed by atoms with Gasteiger partial charge in [0.25, 0.3) is 11.8 Å². The molecule has 0 aliphatic carbocycles. The Hall–Kier alpha value is -3.14. The largest absolute Gasteiger partial charge is 0.471 e. The van der Waals surface area contributed by atoms with Crippen LogP contribution in [0.1, 0.15) is 39.7 Å². The molecule has 31 heavy (non-hydrogen) atoms. The van der Waals surface area contributed by atoms with Crippen molar-refractivity contribution in [3.8, 4) is 5.88 Å². The summed E-state index contributed by atoms with van der Waals surface area (Å²) in [7, 11) is 0. The third-order valence-electron chi connectivity index (χ3n) is 4.70. The number of alkyl halides is 2. The third kappa shape index (κ3) is 5.72. The van der Waals surface area contributed by atoms with Crippen molar-refractivity contribution >= 4 is 11.8 Å². The predicted molar refractivity (Wildman–Crippen MR) is 107 cm³/mol. The number of aliphatic hydroxyl groups is 1. The number of rotatable bonds is 9. The Morgan fingerprint density at radius 2 is 2.16 bits per heavy atom. The summed E-state index contributed by atoms with van der Waals surface area (Å²) in [5, 5.41) is 11.4. The number of ether oxygens (including phenoxy) is 1.